The van der Waals surface area contributed by atoms with Crippen LogP contribution in [0.2, 0.25) is 0 Å². The van der Waals surface area contributed by atoms with Gasteiger partial charge in [-0.1, -0.05) is 0 Å². The van der Waals surface area contributed by atoms with Gasteiger partial charge in [0.25, 0.3) is 11.6 Å². The van der Waals surface area contributed by atoms with E-state index in [2.05, 4.69) is 15.4 Å². The Hall–Kier alpha value is -3.16. The van der Waals surface area contributed by atoms with E-state index in [9.17, 15) is 37.3 Å². The predicted molar refractivity (Wildman–Crippen MR) is 112 cm³/mol. The van der Waals surface area contributed by atoms with Gasteiger partial charge in [-0.2, -0.15) is 8.78 Å². The zero-order valence-corrected chi connectivity index (χ0v) is 18.8. The normalized spacial score (nSPS) is 18.5. The summed E-state index contributed by atoms with van der Waals surface area (Å²) in [5, 5.41) is 16.0. The van der Waals surface area contributed by atoms with Crippen LogP contribution in [0.5, 0.6) is 0 Å². The molecule has 190 valence electrons. The van der Waals surface area contributed by atoms with Crippen LogP contribution in [-0.4, -0.2) is 72.5 Å². The molecule has 0 aromatic heterocycles. The number of benzene rings is 1. The van der Waals surface area contributed by atoms with Crippen LogP contribution in [-0.2, 0) is 9.47 Å². The smallest absolute Gasteiger partial charge is 0.410 e. The van der Waals surface area contributed by atoms with Crippen LogP contribution in [0.1, 0.15) is 37.6 Å². The van der Waals surface area contributed by atoms with E-state index in [0.717, 1.165) is 0 Å². The number of carbonyl (C=O) groups is 2. The molecule has 2 amide bonds. The van der Waals surface area contributed by atoms with Gasteiger partial charge in [0, 0.05) is 31.8 Å². The van der Waals surface area contributed by atoms with E-state index in [1.807, 2.05) is 0 Å². The monoisotopic (exact) mass is 494 g/mol. The number of rotatable bonds is 8. The summed E-state index contributed by atoms with van der Waals surface area (Å²) < 4.78 is 62.3. The van der Waals surface area contributed by atoms with Crippen molar-refractivity contribution in [2.45, 2.75) is 51.6 Å². The highest BCUT2D eigenvalue weighted by molar-refractivity contribution is 5.96. The number of hydrogen-bond acceptors (Lipinski definition) is 7. The van der Waals surface area contributed by atoms with Crippen molar-refractivity contribution >= 4 is 23.4 Å². The van der Waals surface area contributed by atoms with Crippen molar-refractivity contribution < 1.29 is 41.5 Å². The van der Waals surface area contributed by atoms with Crippen molar-refractivity contribution in [2.24, 2.45) is 0 Å². The van der Waals surface area contributed by atoms with Gasteiger partial charge in [-0.3, -0.25) is 14.9 Å². The molecular formula is C20H26F4N4O6. The summed E-state index contributed by atoms with van der Waals surface area (Å²) in [5.74, 6) is -2.28. The summed E-state index contributed by atoms with van der Waals surface area (Å²) in [4.78, 5) is 36.5. The largest absolute Gasteiger partial charge is 0.444 e. The highest BCUT2D eigenvalue weighted by Crippen LogP contribution is 2.28. The van der Waals surface area contributed by atoms with Gasteiger partial charge in [-0.25, -0.2) is 13.6 Å². The standard InChI is InChI=1S/C20H26F4N4O6/c1-20(2,3)34-19(30)27-6-4-12(21)15(10-27)26-17(29)11-8-16(28(31)32)14(9-13(11)22)25-5-7-33-18(23)24/h8-9,12,15,18,25H,4-7,10H2,1-3H3,(H,26,29)/t12-,15-/m0/s1. The molecule has 1 fully saturated rings. The quantitative estimate of drug-likeness (QED) is 0.246. The molecule has 2 atom stereocenters. The van der Waals surface area contributed by atoms with Crippen LogP contribution >= 0.6 is 0 Å². The van der Waals surface area contributed by atoms with Crippen LogP contribution in [0.4, 0.5) is 33.7 Å². The summed E-state index contributed by atoms with van der Waals surface area (Å²) in [6.07, 6.45) is -2.35. The van der Waals surface area contributed by atoms with Crippen LogP contribution in [0.25, 0.3) is 0 Å². The van der Waals surface area contributed by atoms with Crippen molar-refractivity contribution in [3.63, 3.8) is 0 Å². The summed E-state index contributed by atoms with van der Waals surface area (Å²) >= 11 is 0. The van der Waals surface area contributed by atoms with Gasteiger partial charge in [0.05, 0.1) is 23.1 Å². The summed E-state index contributed by atoms with van der Waals surface area (Å²) in [7, 11) is 0. The molecule has 0 radical (unpaired) electrons. The SMILES string of the molecule is CC(C)(C)OC(=O)N1CC[C@H](F)[C@@H](NC(=O)c2cc([N+](=O)[O-])c(NCCOC(F)F)cc2F)C1. The Morgan fingerprint density at radius 1 is 1.32 bits per heavy atom. The van der Waals surface area contributed by atoms with Crippen LogP contribution < -0.4 is 10.6 Å². The highest BCUT2D eigenvalue weighted by Gasteiger charge is 2.35. The van der Waals surface area contributed by atoms with Crippen LogP contribution in [0, 0.1) is 15.9 Å². The fraction of sp³-hybridized carbons (Fsp3) is 0.600. The molecule has 0 aliphatic carbocycles. The fourth-order valence-electron chi connectivity index (χ4n) is 3.16. The van der Waals surface area contributed by atoms with Gasteiger partial charge < -0.3 is 25.0 Å². The van der Waals surface area contributed by atoms with E-state index in [1.54, 1.807) is 20.8 Å². The Kier molecular flexibility index (Phi) is 9.01. The van der Waals surface area contributed by atoms with Crippen LogP contribution in [0.15, 0.2) is 12.1 Å². The van der Waals surface area contributed by atoms with Gasteiger partial charge in [-0.05, 0) is 27.2 Å². The van der Waals surface area contributed by atoms with E-state index in [0.29, 0.717) is 12.1 Å². The maximum absolute atomic E-state index is 14.6. The maximum atomic E-state index is 14.6. The van der Waals surface area contributed by atoms with E-state index >= 15 is 0 Å². The van der Waals surface area contributed by atoms with E-state index in [-0.39, 0.29) is 31.7 Å². The van der Waals surface area contributed by atoms with Crippen LogP contribution in [0.3, 0.4) is 0 Å². The molecule has 1 aliphatic heterocycles. The van der Waals surface area contributed by atoms with E-state index in [1.165, 1.54) is 4.90 Å². The van der Waals surface area contributed by atoms with Crippen molar-refractivity contribution in [2.75, 3.05) is 31.6 Å². The molecule has 34 heavy (non-hydrogen) atoms. The molecule has 1 aliphatic rings. The number of alkyl halides is 3. The molecule has 2 rings (SSSR count). The van der Waals surface area contributed by atoms with Crippen molar-refractivity contribution in [3.8, 4) is 0 Å². The Morgan fingerprint density at radius 2 is 2.00 bits per heavy atom. The number of nitrogens with one attached hydrogen (secondary N) is 2. The molecule has 1 heterocycles. The molecule has 0 saturated carbocycles. The third-order valence-electron chi connectivity index (χ3n) is 4.68. The number of anilines is 1. The fourth-order valence-corrected chi connectivity index (χ4v) is 3.16. The number of ether oxygens (including phenoxy) is 2. The number of halogens is 4. The van der Waals surface area contributed by atoms with Gasteiger partial charge in [0.15, 0.2) is 0 Å². The topological polar surface area (TPSA) is 123 Å². The minimum Gasteiger partial charge on any atom is -0.444 e. The number of likely N-dealkylation sites (tertiary alicyclic amines) is 1. The molecule has 10 nitrogen and oxygen atoms in total. The lowest BCUT2D eigenvalue weighted by molar-refractivity contribution is -0.384. The molecule has 14 heteroatoms. The Labute approximate surface area is 192 Å². The number of carbonyl (C=O) groups excluding carboxylic acids is 2. The number of piperidine rings is 1. The summed E-state index contributed by atoms with van der Waals surface area (Å²) in [5.41, 5.74) is -2.55. The first-order valence-corrected chi connectivity index (χ1v) is 10.3. The number of hydrogen-bond donors (Lipinski definition) is 2. The average Bonchev–Trinajstić information content (AvgIpc) is 2.71. The second-order valence-electron chi connectivity index (χ2n) is 8.48. The first-order valence-electron chi connectivity index (χ1n) is 10.3. The first kappa shape index (κ1) is 27.1. The Morgan fingerprint density at radius 3 is 2.59 bits per heavy atom. The number of nitrogens with zero attached hydrogens (tertiary/aromatic N) is 2. The van der Waals surface area contributed by atoms with E-state index < -0.39 is 65.0 Å². The molecule has 2 N–H and O–H groups in total. The number of nitro groups is 1. The molecule has 1 saturated heterocycles. The molecule has 1 aromatic carbocycles. The maximum Gasteiger partial charge on any atom is 0.410 e. The van der Waals surface area contributed by atoms with Gasteiger partial charge in [0.2, 0.25) is 0 Å². The number of nitro benzene ring substituents is 1. The first-order chi connectivity index (χ1) is 15.8. The summed E-state index contributed by atoms with van der Waals surface area (Å²) in [6, 6.07) is 0.121. The second-order valence-corrected chi connectivity index (χ2v) is 8.48. The molecule has 0 unspecified atom stereocenters. The third kappa shape index (κ3) is 7.71. The number of amides is 2. The van der Waals surface area contributed by atoms with Crippen molar-refractivity contribution in [3.05, 3.63) is 33.6 Å². The van der Waals surface area contributed by atoms with Gasteiger partial charge in [0.1, 0.15) is 23.3 Å². The Balaban J connectivity index is 2.13. The third-order valence-corrected chi connectivity index (χ3v) is 4.68. The molecular weight excluding hydrogens is 468 g/mol. The van der Waals surface area contributed by atoms with Crippen molar-refractivity contribution in [1.82, 2.24) is 10.2 Å². The lowest BCUT2D eigenvalue weighted by Gasteiger charge is -2.36. The van der Waals surface area contributed by atoms with Gasteiger partial charge in [-0.15, -0.1) is 0 Å². The predicted octanol–water partition coefficient (Wildman–Crippen LogP) is 3.46. The summed E-state index contributed by atoms with van der Waals surface area (Å²) in [6.45, 7) is 0.955. The lowest BCUT2D eigenvalue weighted by atomic mass is 10.0. The molecule has 1 aromatic rings. The second kappa shape index (κ2) is 11.3. The van der Waals surface area contributed by atoms with Gasteiger partial charge >= 0.3 is 12.7 Å². The lowest BCUT2D eigenvalue weighted by Crippen LogP contribution is -2.55. The zero-order chi connectivity index (χ0) is 25.6. The Bertz CT molecular complexity index is 912. The van der Waals surface area contributed by atoms with Crippen molar-refractivity contribution in [1.29, 1.82) is 0 Å². The van der Waals surface area contributed by atoms with E-state index in [4.69, 9.17) is 4.74 Å². The minimum atomic E-state index is -3.04. The molecule has 0 spiro atoms. The highest BCUT2D eigenvalue weighted by atomic mass is 19.3. The zero-order valence-electron chi connectivity index (χ0n) is 18.8. The average molecular weight is 494 g/mol. The molecule has 0 bridgehead atoms. The minimum absolute atomic E-state index is 0.0535.